The highest BCUT2D eigenvalue weighted by atomic mass is 15.2. The Kier molecular flexibility index (Phi) is 3.85. The average Bonchev–Trinajstić information content (AvgIpc) is 2.38. The van der Waals surface area contributed by atoms with Crippen LogP contribution in [-0.4, -0.2) is 12.1 Å². The Labute approximate surface area is 117 Å². The number of nitriles is 1. The standard InChI is InChI=1S/C17H24N2/c1-5-15-8-6-7-13(2)16(15)19-10-9-14(12-18)11-17(19,3)4/h6-8,14H,5,9-11H2,1-4H3. The Hall–Kier alpha value is -1.49. The fraction of sp³-hybridized carbons (Fsp3) is 0.588. The molecule has 0 spiro atoms. The number of piperidine rings is 1. The van der Waals surface area contributed by atoms with Crippen LogP contribution in [0.3, 0.4) is 0 Å². The van der Waals surface area contributed by atoms with E-state index in [-0.39, 0.29) is 11.5 Å². The van der Waals surface area contributed by atoms with Crippen molar-refractivity contribution in [2.45, 2.75) is 52.5 Å². The van der Waals surface area contributed by atoms with E-state index in [1.807, 2.05) is 0 Å². The highest BCUT2D eigenvalue weighted by Gasteiger charge is 2.36. The zero-order valence-electron chi connectivity index (χ0n) is 12.5. The van der Waals surface area contributed by atoms with Gasteiger partial charge in [0.1, 0.15) is 0 Å². The number of hydrogen-bond acceptors (Lipinski definition) is 2. The Bertz CT molecular complexity index is 496. The highest BCUT2D eigenvalue weighted by Crippen LogP contribution is 2.38. The summed E-state index contributed by atoms with van der Waals surface area (Å²) in [5.41, 5.74) is 4.23. The van der Waals surface area contributed by atoms with E-state index in [9.17, 15) is 0 Å². The second-order valence-corrected chi connectivity index (χ2v) is 6.22. The van der Waals surface area contributed by atoms with Crippen LogP contribution in [-0.2, 0) is 6.42 Å². The lowest BCUT2D eigenvalue weighted by molar-refractivity contribution is 0.315. The van der Waals surface area contributed by atoms with Gasteiger partial charge in [-0.2, -0.15) is 5.26 Å². The van der Waals surface area contributed by atoms with Crippen LogP contribution >= 0.6 is 0 Å². The lowest BCUT2D eigenvalue weighted by atomic mass is 9.82. The highest BCUT2D eigenvalue weighted by molar-refractivity contribution is 5.61. The molecule has 0 radical (unpaired) electrons. The Morgan fingerprint density at radius 2 is 2.16 bits per heavy atom. The first-order chi connectivity index (χ1) is 8.99. The first-order valence-electron chi connectivity index (χ1n) is 7.25. The molecule has 0 aromatic heterocycles. The van der Waals surface area contributed by atoms with Gasteiger partial charge in [-0.1, -0.05) is 25.1 Å². The largest absolute Gasteiger partial charge is 0.366 e. The van der Waals surface area contributed by atoms with Crippen molar-refractivity contribution in [2.24, 2.45) is 5.92 Å². The van der Waals surface area contributed by atoms with Crippen LogP contribution in [0.25, 0.3) is 0 Å². The van der Waals surface area contributed by atoms with E-state index in [2.05, 4.69) is 56.9 Å². The van der Waals surface area contributed by atoms with E-state index in [0.717, 1.165) is 25.8 Å². The van der Waals surface area contributed by atoms with Crippen molar-refractivity contribution < 1.29 is 0 Å². The van der Waals surface area contributed by atoms with Gasteiger partial charge >= 0.3 is 0 Å². The molecule has 19 heavy (non-hydrogen) atoms. The first kappa shape index (κ1) is 13.9. The number of para-hydroxylation sites is 1. The van der Waals surface area contributed by atoms with Gasteiger partial charge in [-0.05, 0) is 51.2 Å². The molecule has 2 rings (SSSR count). The van der Waals surface area contributed by atoms with Crippen molar-refractivity contribution in [1.29, 1.82) is 5.26 Å². The molecule has 1 unspecified atom stereocenters. The molecule has 1 aliphatic heterocycles. The van der Waals surface area contributed by atoms with Crippen molar-refractivity contribution in [2.75, 3.05) is 11.4 Å². The third-order valence-corrected chi connectivity index (χ3v) is 4.33. The Balaban J connectivity index is 2.40. The SMILES string of the molecule is CCc1cccc(C)c1N1CCC(C#N)CC1(C)C. The van der Waals surface area contributed by atoms with Gasteiger partial charge in [-0.25, -0.2) is 0 Å². The van der Waals surface area contributed by atoms with Crippen molar-refractivity contribution in [1.82, 2.24) is 0 Å². The molecule has 1 fully saturated rings. The zero-order valence-corrected chi connectivity index (χ0v) is 12.5. The molecule has 0 N–H and O–H groups in total. The Morgan fingerprint density at radius 3 is 2.74 bits per heavy atom. The van der Waals surface area contributed by atoms with Crippen LogP contribution < -0.4 is 4.90 Å². The van der Waals surface area contributed by atoms with Crippen molar-refractivity contribution >= 4 is 5.69 Å². The maximum atomic E-state index is 9.17. The fourth-order valence-electron chi connectivity index (χ4n) is 3.32. The predicted octanol–water partition coefficient (Wildman–Crippen LogP) is 4.08. The molecule has 0 bridgehead atoms. The van der Waals surface area contributed by atoms with E-state index in [1.165, 1.54) is 16.8 Å². The van der Waals surface area contributed by atoms with Crippen LogP contribution in [0.4, 0.5) is 5.69 Å². The summed E-state index contributed by atoms with van der Waals surface area (Å²) in [7, 11) is 0. The number of rotatable bonds is 2. The molecule has 1 heterocycles. The number of nitrogens with zero attached hydrogens (tertiary/aromatic N) is 2. The Morgan fingerprint density at radius 1 is 1.42 bits per heavy atom. The summed E-state index contributed by atoms with van der Waals surface area (Å²) in [4.78, 5) is 2.52. The minimum atomic E-state index is 0.0642. The molecular formula is C17H24N2. The first-order valence-corrected chi connectivity index (χ1v) is 7.25. The molecule has 1 saturated heterocycles. The molecular weight excluding hydrogens is 232 g/mol. The second kappa shape index (κ2) is 5.25. The normalized spacial score (nSPS) is 22.1. The van der Waals surface area contributed by atoms with Crippen LogP contribution in [0.1, 0.15) is 44.7 Å². The quantitative estimate of drug-likeness (QED) is 0.797. The molecule has 2 nitrogen and oxygen atoms in total. The molecule has 1 aliphatic rings. The lowest BCUT2D eigenvalue weighted by Gasteiger charge is -2.47. The summed E-state index contributed by atoms with van der Waals surface area (Å²) in [5, 5.41) is 9.17. The minimum absolute atomic E-state index is 0.0642. The van der Waals surface area contributed by atoms with Gasteiger partial charge in [-0.3, -0.25) is 0 Å². The molecule has 1 aromatic carbocycles. The number of anilines is 1. The molecule has 1 aromatic rings. The molecule has 0 aliphatic carbocycles. The van der Waals surface area contributed by atoms with Gasteiger partial charge in [-0.15, -0.1) is 0 Å². The maximum absolute atomic E-state index is 9.17. The summed E-state index contributed by atoms with van der Waals surface area (Å²) in [6, 6.07) is 9.02. The van der Waals surface area contributed by atoms with Gasteiger partial charge < -0.3 is 4.90 Å². The monoisotopic (exact) mass is 256 g/mol. The third kappa shape index (κ3) is 2.61. The van der Waals surface area contributed by atoms with Crippen molar-refractivity contribution in [3.63, 3.8) is 0 Å². The smallest absolute Gasteiger partial charge is 0.0657 e. The molecule has 0 saturated carbocycles. The van der Waals surface area contributed by atoms with E-state index >= 15 is 0 Å². The van der Waals surface area contributed by atoms with Gasteiger partial charge in [0.25, 0.3) is 0 Å². The van der Waals surface area contributed by atoms with Crippen molar-refractivity contribution in [3.8, 4) is 6.07 Å². The maximum Gasteiger partial charge on any atom is 0.0657 e. The zero-order chi connectivity index (χ0) is 14.0. The summed E-state index contributed by atoms with van der Waals surface area (Å²) in [6.07, 6.45) is 3.00. The number of hydrogen-bond donors (Lipinski definition) is 0. The summed E-state index contributed by atoms with van der Waals surface area (Å²) in [5.74, 6) is 0.209. The van der Waals surface area contributed by atoms with Gasteiger partial charge in [0, 0.05) is 17.8 Å². The molecule has 0 amide bonds. The molecule has 2 heteroatoms. The van der Waals surface area contributed by atoms with Crippen LogP contribution in [0, 0.1) is 24.2 Å². The molecule has 102 valence electrons. The number of benzene rings is 1. The van der Waals surface area contributed by atoms with E-state index in [0.29, 0.717) is 0 Å². The third-order valence-electron chi connectivity index (χ3n) is 4.33. The number of aryl methyl sites for hydroxylation is 2. The van der Waals surface area contributed by atoms with E-state index < -0.39 is 0 Å². The minimum Gasteiger partial charge on any atom is -0.366 e. The van der Waals surface area contributed by atoms with E-state index in [1.54, 1.807) is 0 Å². The summed E-state index contributed by atoms with van der Waals surface area (Å²) in [6.45, 7) is 9.93. The van der Waals surface area contributed by atoms with Crippen molar-refractivity contribution in [3.05, 3.63) is 29.3 Å². The van der Waals surface area contributed by atoms with Crippen LogP contribution in [0.15, 0.2) is 18.2 Å². The van der Waals surface area contributed by atoms with Gasteiger partial charge in [0.15, 0.2) is 0 Å². The average molecular weight is 256 g/mol. The van der Waals surface area contributed by atoms with Gasteiger partial charge in [0.2, 0.25) is 0 Å². The summed E-state index contributed by atoms with van der Waals surface area (Å²) < 4.78 is 0. The van der Waals surface area contributed by atoms with Crippen LogP contribution in [0.5, 0.6) is 0 Å². The fourth-order valence-corrected chi connectivity index (χ4v) is 3.32. The lowest BCUT2D eigenvalue weighted by Crippen LogP contribution is -2.50. The predicted molar refractivity (Wildman–Crippen MR) is 80.3 cm³/mol. The van der Waals surface area contributed by atoms with Gasteiger partial charge in [0.05, 0.1) is 12.0 Å². The topological polar surface area (TPSA) is 27.0 Å². The summed E-state index contributed by atoms with van der Waals surface area (Å²) >= 11 is 0. The molecule has 1 atom stereocenters. The second-order valence-electron chi connectivity index (χ2n) is 6.22. The van der Waals surface area contributed by atoms with Crippen LogP contribution in [0.2, 0.25) is 0 Å². The van der Waals surface area contributed by atoms with E-state index in [4.69, 9.17) is 5.26 Å².